The second-order valence-corrected chi connectivity index (χ2v) is 5.40. The number of hydrogen-bond donors (Lipinski definition) is 2. The molecule has 1 heterocycles. The topological polar surface area (TPSA) is 75.3 Å². The van der Waals surface area contributed by atoms with E-state index in [-0.39, 0.29) is 23.7 Å². The number of urea groups is 1. The van der Waals surface area contributed by atoms with Crippen molar-refractivity contribution in [2.45, 2.75) is 27.7 Å². The van der Waals surface area contributed by atoms with E-state index in [0.717, 1.165) is 0 Å². The van der Waals surface area contributed by atoms with Crippen LogP contribution >= 0.6 is 0 Å². The Morgan fingerprint density at radius 1 is 0.824 bits per heavy atom. The lowest BCUT2D eigenvalue weighted by Crippen LogP contribution is -2.65. The van der Waals surface area contributed by atoms with E-state index >= 15 is 0 Å². The fourth-order valence-electron chi connectivity index (χ4n) is 3.53. The molecule has 2 fully saturated rings. The molecule has 2 N–H and O–H groups in total. The van der Waals surface area contributed by atoms with Crippen LogP contribution in [0.25, 0.3) is 0 Å². The van der Waals surface area contributed by atoms with Gasteiger partial charge in [-0.2, -0.15) is 0 Å². The van der Waals surface area contributed by atoms with E-state index in [4.69, 9.17) is 0 Å². The molecule has 1 aliphatic heterocycles. The monoisotopic (exact) mass is 238 g/mol. The van der Waals surface area contributed by atoms with Gasteiger partial charge in [0.2, 0.25) is 11.8 Å². The average Bonchev–Trinajstić information content (AvgIpc) is 2.40. The normalized spacial score (nSPS) is 40.4. The van der Waals surface area contributed by atoms with Crippen molar-refractivity contribution in [3.8, 4) is 0 Å². The average molecular weight is 238 g/mol. The first-order valence-corrected chi connectivity index (χ1v) is 6.00. The number of carbonyl (C=O) groups is 3. The Morgan fingerprint density at radius 3 is 1.53 bits per heavy atom. The molecule has 1 saturated heterocycles. The summed E-state index contributed by atoms with van der Waals surface area (Å²) in [7, 11) is 0. The lowest BCUT2D eigenvalue weighted by Gasteiger charge is -2.37. The van der Waals surface area contributed by atoms with Crippen molar-refractivity contribution in [2.75, 3.05) is 0 Å². The third-order valence-corrected chi connectivity index (χ3v) is 5.05. The summed E-state index contributed by atoms with van der Waals surface area (Å²) in [5, 5.41) is 4.47. The highest BCUT2D eigenvalue weighted by molar-refractivity contribution is 6.19. The molecule has 0 aromatic rings. The molecule has 1 spiro atoms. The number of amides is 4. The maximum atomic E-state index is 12.2. The van der Waals surface area contributed by atoms with Crippen molar-refractivity contribution >= 4 is 17.8 Å². The highest BCUT2D eigenvalue weighted by Crippen LogP contribution is 2.54. The smallest absolute Gasteiger partial charge is 0.277 e. The fraction of sp³-hybridized carbons (Fsp3) is 0.750. The van der Waals surface area contributed by atoms with Crippen molar-refractivity contribution in [2.24, 2.45) is 29.1 Å². The molecule has 0 bridgehead atoms. The SMILES string of the molecule is CC1C(C)C(C)C2(C(=O)NC(=O)NC2=O)C1C. The molecule has 5 nitrogen and oxygen atoms in total. The summed E-state index contributed by atoms with van der Waals surface area (Å²) >= 11 is 0. The first-order chi connectivity index (χ1) is 7.83. The molecular formula is C12H18N2O3. The van der Waals surface area contributed by atoms with Crippen molar-refractivity contribution < 1.29 is 14.4 Å². The van der Waals surface area contributed by atoms with Crippen molar-refractivity contribution in [3.05, 3.63) is 0 Å². The summed E-state index contributed by atoms with van der Waals surface area (Å²) in [5.74, 6) is -0.476. The van der Waals surface area contributed by atoms with Gasteiger partial charge in [0.25, 0.3) is 0 Å². The molecule has 0 aromatic heterocycles. The number of hydrogen-bond acceptors (Lipinski definition) is 3. The van der Waals surface area contributed by atoms with Crippen LogP contribution in [-0.4, -0.2) is 17.8 Å². The molecule has 2 rings (SSSR count). The van der Waals surface area contributed by atoms with Crippen LogP contribution in [0.4, 0.5) is 4.79 Å². The fourth-order valence-corrected chi connectivity index (χ4v) is 3.53. The second-order valence-electron chi connectivity index (χ2n) is 5.40. The van der Waals surface area contributed by atoms with Crippen LogP contribution in [0.2, 0.25) is 0 Å². The zero-order valence-corrected chi connectivity index (χ0v) is 10.5. The molecule has 4 atom stereocenters. The third-order valence-electron chi connectivity index (χ3n) is 5.05. The molecule has 1 aliphatic carbocycles. The first-order valence-electron chi connectivity index (χ1n) is 6.00. The van der Waals surface area contributed by atoms with Crippen LogP contribution in [0.15, 0.2) is 0 Å². The summed E-state index contributed by atoms with van der Waals surface area (Å²) in [6.45, 7) is 7.94. The van der Waals surface area contributed by atoms with Crippen LogP contribution in [0.5, 0.6) is 0 Å². The van der Waals surface area contributed by atoms with Crippen LogP contribution in [0, 0.1) is 29.1 Å². The van der Waals surface area contributed by atoms with E-state index in [0.29, 0.717) is 0 Å². The summed E-state index contributed by atoms with van der Waals surface area (Å²) in [6.07, 6.45) is 0. The molecule has 2 aliphatic rings. The Bertz CT molecular complexity index is 369. The maximum absolute atomic E-state index is 12.2. The van der Waals surface area contributed by atoms with Gasteiger partial charge in [0.15, 0.2) is 0 Å². The highest BCUT2D eigenvalue weighted by atomic mass is 16.2. The largest absolute Gasteiger partial charge is 0.328 e. The van der Waals surface area contributed by atoms with Gasteiger partial charge < -0.3 is 0 Å². The number of nitrogens with one attached hydrogen (secondary N) is 2. The molecule has 4 amide bonds. The van der Waals surface area contributed by atoms with Crippen LogP contribution in [0.1, 0.15) is 27.7 Å². The predicted octanol–water partition coefficient (Wildman–Crippen LogP) is 0.897. The Hall–Kier alpha value is -1.39. The van der Waals surface area contributed by atoms with E-state index in [1.807, 2.05) is 13.8 Å². The molecule has 1 saturated carbocycles. The Morgan fingerprint density at radius 2 is 1.18 bits per heavy atom. The quantitative estimate of drug-likeness (QED) is 0.616. The number of imide groups is 2. The minimum absolute atomic E-state index is 0.0689. The molecule has 4 unspecified atom stereocenters. The predicted molar refractivity (Wildman–Crippen MR) is 60.8 cm³/mol. The number of carbonyl (C=O) groups excluding carboxylic acids is 3. The Balaban J connectivity index is 2.51. The van der Waals surface area contributed by atoms with Gasteiger partial charge in [-0.05, 0) is 23.7 Å². The molecular weight excluding hydrogens is 220 g/mol. The van der Waals surface area contributed by atoms with Crippen molar-refractivity contribution in [1.82, 2.24) is 10.6 Å². The molecule has 0 radical (unpaired) electrons. The van der Waals surface area contributed by atoms with E-state index in [9.17, 15) is 14.4 Å². The number of barbiturate groups is 1. The van der Waals surface area contributed by atoms with Gasteiger partial charge >= 0.3 is 6.03 Å². The molecule has 5 heteroatoms. The molecule has 17 heavy (non-hydrogen) atoms. The van der Waals surface area contributed by atoms with Gasteiger partial charge in [0.1, 0.15) is 5.41 Å². The van der Waals surface area contributed by atoms with Gasteiger partial charge in [0.05, 0.1) is 0 Å². The van der Waals surface area contributed by atoms with E-state index in [1.54, 1.807) is 0 Å². The lowest BCUT2D eigenvalue weighted by atomic mass is 9.69. The standard InChI is InChI=1S/C12H18N2O3/c1-5-6(2)8(4)12(7(5)3)9(15)13-11(17)14-10(12)16/h5-8H,1-4H3,(H2,13,14,15,16,17). The molecule has 0 aromatic carbocycles. The summed E-state index contributed by atoms with van der Waals surface area (Å²) in [5.41, 5.74) is -1.09. The number of rotatable bonds is 0. The first kappa shape index (κ1) is 12.1. The van der Waals surface area contributed by atoms with Gasteiger partial charge in [-0.15, -0.1) is 0 Å². The van der Waals surface area contributed by atoms with Gasteiger partial charge in [-0.1, -0.05) is 27.7 Å². The zero-order chi connectivity index (χ0) is 13.0. The second kappa shape index (κ2) is 3.55. The van der Waals surface area contributed by atoms with E-state index in [2.05, 4.69) is 24.5 Å². The van der Waals surface area contributed by atoms with Crippen LogP contribution < -0.4 is 10.6 Å². The Labute approximate surface area is 100 Å². The maximum Gasteiger partial charge on any atom is 0.328 e. The van der Waals surface area contributed by atoms with Crippen LogP contribution in [0.3, 0.4) is 0 Å². The van der Waals surface area contributed by atoms with Gasteiger partial charge in [-0.25, -0.2) is 4.79 Å². The Kier molecular flexibility index (Phi) is 2.52. The lowest BCUT2D eigenvalue weighted by molar-refractivity contribution is -0.150. The molecule has 94 valence electrons. The third kappa shape index (κ3) is 1.28. The highest BCUT2D eigenvalue weighted by Gasteiger charge is 2.64. The zero-order valence-electron chi connectivity index (χ0n) is 10.5. The van der Waals surface area contributed by atoms with Gasteiger partial charge in [0, 0.05) is 0 Å². The van der Waals surface area contributed by atoms with Gasteiger partial charge in [-0.3, -0.25) is 20.2 Å². The van der Waals surface area contributed by atoms with E-state index < -0.39 is 23.3 Å². The summed E-state index contributed by atoms with van der Waals surface area (Å²) in [4.78, 5) is 35.5. The minimum Gasteiger partial charge on any atom is -0.277 e. The summed E-state index contributed by atoms with van der Waals surface area (Å²) < 4.78 is 0. The van der Waals surface area contributed by atoms with Crippen molar-refractivity contribution in [1.29, 1.82) is 0 Å². The van der Waals surface area contributed by atoms with E-state index in [1.165, 1.54) is 0 Å². The van der Waals surface area contributed by atoms with Crippen LogP contribution in [-0.2, 0) is 9.59 Å². The minimum atomic E-state index is -1.09. The summed E-state index contributed by atoms with van der Waals surface area (Å²) in [6, 6.07) is -0.711. The van der Waals surface area contributed by atoms with Crippen molar-refractivity contribution in [3.63, 3.8) is 0 Å².